The van der Waals surface area contributed by atoms with E-state index in [2.05, 4.69) is 27.7 Å². The molecule has 0 spiro atoms. The maximum atomic E-state index is 6.12. The number of hydrogen-bond acceptors (Lipinski definition) is 1. The molecule has 18 heavy (non-hydrogen) atoms. The first-order valence-electron chi connectivity index (χ1n) is 8.36. The monoisotopic (exact) mass is 256 g/mol. The maximum Gasteiger partial charge on any atom is 0.0575 e. The van der Waals surface area contributed by atoms with E-state index in [4.69, 9.17) is 4.74 Å². The second-order valence-electron chi connectivity index (χ2n) is 5.81. The Morgan fingerprint density at radius 2 is 1.33 bits per heavy atom. The van der Waals surface area contributed by atoms with Gasteiger partial charge in [-0.25, -0.2) is 0 Å². The Morgan fingerprint density at radius 3 is 1.89 bits per heavy atom. The van der Waals surface area contributed by atoms with E-state index in [1.807, 2.05) is 0 Å². The topological polar surface area (TPSA) is 9.23 Å². The molecule has 0 aliphatic carbocycles. The van der Waals surface area contributed by atoms with Crippen LogP contribution in [0.4, 0.5) is 0 Å². The summed E-state index contributed by atoms with van der Waals surface area (Å²) in [4.78, 5) is 0. The molecular formula is C17H36O. The van der Waals surface area contributed by atoms with Crippen LogP contribution in [0, 0.1) is 5.92 Å². The summed E-state index contributed by atoms with van der Waals surface area (Å²) < 4.78 is 6.12. The van der Waals surface area contributed by atoms with Crippen molar-refractivity contribution < 1.29 is 4.74 Å². The van der Waals surface area contributed by atoms with Crippen LogP contribution in [0.25, 0.3) is 0 Å². The normalized spacial score (nSPS) is 14.7. The first kappa shape index (κ1) is 18.0. The summed E-state index contributed by atoms with van der Waals surface area (Å²) in [6, 6.07) is 0. The van der Waals surface area contributed by atoms with Crippen molar-refractivity contribution in [3.63, 3.8) is 0 Å². The molecule has 0 saturated heterocycles. The van der Waals surface area contributed by atoms with Gasteiger partial charge in [0.25, 0.3) is 0 Å². The molecule has 0 aliphatic heterocycles. The quantitative estimate of drug-likeness (QED) is 0.369. The molecule has 0 aliphatic rings. The van der Waals surface area contributed by atoms with Gasteiger partial charge < -0.3 is 4.74 Å². The van der Waals surface area contributed by atoms with Crippen LogP contribution in [-0.2, 0) is 4.74 Å². The van der Waals surface area contributed by atoms with Crippen LogP contribution in [-0.4, -0.2) is 12.7 Å². The van der Waals surface area contributed by atoms with Crippen molar-refractivity contribution in [1.29, 1.82) is 0 Å². The summed E-state index contributed by atoms with van der Waals surface area (Å²) >= 11 is 0. The van der Waals surface area contributed by atoms with Gasteiger partial charge in [0.2, 0.25) is 0 Å². The van der Waals surface area contributed by atoms with Gasteiger partial charge in [-0.05, 0) is 18.8 Å². The van der Waals surface area contributed by atoms with Crippen molar-refractivity contribution in [2.45, 2.75) is 98.0 Å². The van der Waals surface area contributed by atoms with Gasteiger partial charge in [-0.2, -0.15) is 0 Å². The molecule has 0 radical (unpaired) electrons. The molecule has 110 valence electrons. The molecule has 0 amide bonds. The van der Waals surface area contributed by atoms with Gasteiger partial charge in [0.05, 0.1) is 6.10 Å². The molecule has 0 rings (SSSR count). The van der Waals surface area contributed by atoms with Crippen LogP contribution in [0.2, 0.25) is 0 Å². The molecule has 0 aromatic carbocycles. The minimum absolute atomic E-state index is 0.530. The first-order valence-corrected chi connectivity index (χ1v) is 8.36. The fraction of sp³-hybridized carbons (Fsp3) is 1.00. The lowest BCUT2D eigenvalue weighted by Gasteiger charge is -2.20. The zero-order valence-corrected chi connectivity index (χ0v) is 13.3. The predicted molar refractivity (Wildman–Crippen MR) is 82.1 cm³/mol. The zero-order valence-electron chi connectivity index (χ0n) is 13.3. The lowest BCUT2D eigenvalue weighted by Crippen LogP contribution is -2.17. The fourth-order valence-electron chi connectivity index (χ4n) is 2.15. The zero-order chi connectivity index (χ0) is 13.6. The lowest BCUT2D eigenvalue weighted by molar-refractivity contribution is 0.0188. The smallest absolute Gasteiger partial charge is 0.0575 e. The highest BCUT2D eigenvalue weighted by atomic mass is 16.5. The van der Waals surface area contributed by atoms with Gasteiger partial charge >= 0.3 is 0 Å². The van der Waals surface area contributed by atoms with Gasteiger partial charge in [-0.1, -0.05) is 79.1 Å². The molecule has 0 aromatic rings. The molecule has 0 saturated carbocycles. The molecule has 1 heteroatoms. The van der Waals surface area contributed by atoms with Crippen molar-refractivity contribution in [3.8, 4) is 0 Å². The largest absolute Gasteiger partial charge is 0.378 e. The van der Waals surface area contributed by atoms with Gasteiger partial charge in [0.15, 0.2) is 0 Å². The highest BCUT2D eigenvalue weighted by Crippen LogP contribution is 2.16. The van der Waals surface area contributed by atoms with Crippen molar-refractivity contribution in [3.05, 3.63) is 0 Å². The van der Waals surface area contributed by atoms with E-state index in [-0.39, 0.29) is 0 Å². The molecule has 1 nitrogen and oxygen atoms in total. The standard InChI is InChI=1S/C17H36O/c1-5-8-10-12-14-17(13-11-9-6-2)18-15-16(4)7-3/h16-17H,5-15H2,1-4H3. The number of rotatable bonds is 13. The minimum Gasteiger partial charge on any atom is -0.378 e. The Hall–Kier alpha value is -0.0400. The fourth-order valence-corrected chi connectivity index (χ4v) is 2.15. The molecule has 2 unspecified atom stereocenters. The summed E-state index contributed by atoms with van der Waals surface area (Å²) in [5, 5.41) is 0. The van der Waals surface area contributed by atoms with Crippen LogP contribution in [0.3, 0.4) is 0 Å². The lowest BCUT2D eigenvalue weighted by atomic mass is 10.0. The average molecular weight is 256 g/mol. The molecule has 0 heterocycles. The summed E-state index contributed by atoms with van der Waals surface area (Å²) in [5.41, 5.74) is 0. The second-order valence-corrected chi connectivity index (χ2v) is 5.81. The molecule has 0 N–H and O–H groups in total. The van der Waals surface area contributed by atoms with Crippen LogP contribution < -0.4 is 0 Å². The minimum atomic E-state index is 0.530. The average Bonchev–Trinajstić information content (AvgIpc) is 2.39. The van der Waals surface area contributed by atoms with E-state index in [1.165, 1.54) is 64.2 Å². The Labute approximate surface area is 116 Å². The third-order valence-electron chi connectivity index (χ3n) is 3.82. The maximum absolute atomic E-state index is 6.12. The Morgan fingerprint density at radius 1 is 0.778 bits per heavy atom. The van der Waals surface area contributed by atoms with E-state index in [9.17, 15) is 0 Å². The van der Waals surface area contributed by atoms with Crippen LogP contribution in [0.15, 0.2) is 0 Å². The third-order valence-corrected chi connectivity index (χ3v) is 3.82. The van der Waals surface area contributed by atoms with Crippen LogP contribution >= 0.6 is 0 Å². The van der Waals surface area contributed by atoms with Crippen LogP contribution in [0.5, 0.6) is 0 Å². The highest BCUT2D eigenvalue weighted by Gasteiger charge is 2.10. The molecular weight excluding hydrogens is 220 g/mol. The van der Waals surface area contributed by atoms with Gasteiger partial charge in [0, 0.05) is 6.61 Å². The van der Waals surface area contributed by atoms with Crippen LogP contribution in [0.1, 0.15) is 91.9 Å². The van der Waals surface area contributed by atoms with Gasteiger partial charge in [-0.15, -0.1) is 0 Å². The van der Waals surface area contributed by atoms with E-state index in [1.54, 1.807) is 0 Å². The van der Waals surface area contributed by atoms with Crippen molar-refractivity contribution in [2.24, 2.45) is 5.92 Å². The number of unbranched alkanes of at least 4 members (excludes halogenated alkanes) is 5. The first-order chi connectivity index (χ1) is 8.74. The van der Waals surface area contributed by atoms with Crippen molar-refractivity contribution in [2.75, 3.05) is 6.61 Å². The van der Waals surface area contributed by atoms with Gasteiger partial charge in [-0.3, -0.25) is 0 Å². The molecule has 2 atom stereocenters. The predicted octanol–water partition coefficient (Wildman–Crippen LogP) is 5.97. The van der Waals surface area contributed by atoms with E-state index in [0.717, 1.165) is 6.61 Å². The molecule has 0 aromatic heterocycles. The Kier molecular flexibility index (Phi) is 13.4. The van der Waals surface area contributed by atoms with E-state index >= 15 is 0 Å². The van der Waals surface area contributed by atoms with Crippen molar-refractivity contribution in [1.82, 2.24) is 0 Å². The van der Waals surface area contributed by atoms with E-state index < -0.39 is 0 Å². The molecule has 0 bridgehead atoms. The Bertz CT molecular complexity index is 156. The van der Waals surface area contributed by atoms with Gasteiger partial charge in [0.1, 0.15) is 0 Å². The summed E-state index contributed by atoms with van der Waals surface area (Å²) in [5.74, 6) is 0.717. The van der Waals surface area contributed by atoms with Crippen molar-refractivity contribution >= 4 is 0 Å². The summed E-state index contributed by atoms with van der Waals surface area (Å²) in [6.45, 7) is 10.1. The summed E-state index contributed by atoms with van der Waals surface area (Å²) in [6.07, 6.45) is 13.8. The highest BCUT2D eigenvalue weighted by molar-refractivity contribution is 4.61. The molecule has 0 fully saturated rings. The number of ether oxygens (including phenoxy) is 1. The van der Waals surface area contributed by atoms with E-state index in [0.29, 0.717) is 12.0 Å². The second kappa shape index (κ2) is 13.4. The SMILES string of the molecule is CCCCCCC(CCCCC)OCC(C)CC. The Balaban J connectivity index is 3.76. The summed E-state index contributed by atoms with van der Waals surface area (Å²) in [7, 11) is 0. The third kappa shape index (κ3) is 11.1. The number of hydrogen-bond donors (Lipinski definition) is 0.